The number of ether oxygens (including phenoxy) is 2. The number of amides is 3. The summed E-state index contributed by atoms with van der Waals surface area (Å²) in [5.74, 6) is -1.67. The molecule has 0 saturated carbocycles. The Balaban J connectivity index is 1.90. The van der Waals surface area contributed by atoms with E-state index in [0.717, 1.165) is 22.3 Å². The van der Waals surface area contributed by atoms with Gasteiger partial charge in [0.2, 0.25) is 5.88 Å². The van der Waals surface area contributed by atoms with Crippen molar-refractivity contribution in [2.75, 3.05) is 12.4 Å². The Morgan fingerprint density at radius 3 is 2.31 bits per heavy atom. The highest BCUT2D eigenvalue weighted by molar-refractivity contribution is 6.02. The number of pyridine rings is 1. The predicted octanol–water partition coefficient (Wildman–Crippen LogP) is 4.09. The fourth-order valence-electron chi connectivity index (χ4n) is 4.84. The number of rotatable bonds is 10. The maximum Gasteiger partial charge on any atom is 0.328 e. The molecule has 0 radical (unpaired) electrons. The van der Waals surface area contributed by atoms with Gasteiger partial charge in [-0.25, -0.2) is 14.6 Å². The normalized spacial score (nSPS) is 16.4. The van der Waals surface area contributed by atoms with Gasteiger partial charge >= 0.3 is 12.0 Å². The predicted molar refractivity (Wildman–Crippen MR) is 158 cm³/mol. The molecular formula is C31H40N4O7. The number of hydrogen-bond acceptors (Lipinski definition) is 7. The van der Waals surface area contributed by atoms with Gasteiger partial charge in [0, 0.05) is 23.9 Å². The van der Waals surface area contributed by atoms with Crippen LogP contribution in [0.1, 0.15) is 62.3 Å². The Labute approximate surface area is 246 Å². The number of hydrogen-bond donors (Lipinski definition) is 5. The van der Waals surface area contributed by atoms with Crippen molar-refractivity contribution in [2.45, 2.75) is 78.2 Å². The fraction of sp³-hybridized carbons (Fsp3) is 0.419. The third kappa shape index (κ3) is 8.40. The number of urea groups is 1. The molecule has 1 aliphatic rings. The third-order valence-electron chi connectivity index (χ3n) is 6.70. The molecule has 42 heavy (non-hydrogen) atoms. The molecule has 0 saturated heterocycles. The number of aromatic nitrogens is 1. The van der Waals surface area contributed by atoms with E-state index in [1.54, 1.807) is 64.2 Å². The van der Waals surface area contributed by atoms with Crippen LogP contribution < -0.4 is 20.7 Å². The number of allylic oxidation sites excluding steroid dienone is 2. The summed E-state index contributed by atoms with van der Waals surface area (Å²) in [6.07, 6.45) is 4.66. The van der Waals surface area contributed by atoms with E-state index in [-0.39, 0.29) is 23.8 Å². The summed E-state index contributed by atoms with van der Waals surface area (Å²) < 4.78 is 10.9. The van der Waals surface area contributed by atoms with Crippen LogP contribution in [-0.2, 0) is 20.9 Å². The summed E-state index contributed by atoms with van der Waals surface area (Å²) in [5.41, 5.74) is 3.38. The summed E-state index contributed by atoms with van der Waals surface area (Å²) >= 11 is 0. The molecule has 2 aromatic rings. The van der Waals surface area contributed by atoms with E-state index in [4.69, 9.17) is 9.47 Å². The van der Waals surface area contributed by atoms with Crippen LogP contribution in [0.2, 0.25) is 0 Å². The standard InChI is InChI=1S/C31H40N4O7/c1-17-12-20(16-36)13-18(2)26(17)35-30(40)33-24-14-21(22-9-11-25(41-7)32-15-22)8-10-23(24)28(37)34-27(29(38)39)19(3)42-31(4,5)6/h9-15,19,21,27,36H,8,16H2,1-7H3,(H,34,37)(H,38,39)(H2,33,35,40). The van der Waals surface area contributed by atoms with Crippen molar-refractivity contribution in [3.8, 4) is 5.88 Å². The summed E-state index contributed by atoms with van der Waals surface area (Å²) in [6.45, 7) is 10.5. The van der Waals surface area contributed by atoms with Crippen molar-refractivity contribution < 1.29 is 34.1 Å². The van der Waals surface area contributed by atoms with Gasteiger partial charge in [-0.3, -0.25) is 4.79 Å². The molecule has 1 heterocycles. The summed E-state index contributed by atoms with van der Waals surface area (Å²) in [5, 5.41) is 27.5. The van der Waals surface area contributed by atoms with Crippen molar-refractivity contribution in [2.24, 2.45) is 0 Å². The molecule has 3 atom stereocenters. The molecule has 3 unspecified atom stereocenters. The number of carboxylic acid groups (broad SMARTS) is 1. The highest BCUT2D eigenvalue weighted by Crippen LogP contribution is 2.31. The Hall–Kier alpha value is -4.22. The SMILES string of the molecule is COc1ccc(C2C=C(NC(=O)Nc3c(C)cc(CO)cc3C)C(C(=O)NC(C(=O)O)C(C)OC(C)(C)C)=CC2)cn1. The molecule has 3 rings (SSSR count). The van der Waals surface area contributed by atoms with Gasteiger partial charge in [-0.1, -0.05) is 30.4 Å². The first-order chi connectivity index (χ1) is 19.7. The first-order valence-corrected chi connectivity index (χ1v) is 13.6. The fourth-order valence-corrected chi connectivity index (χ4v) is 4.84. The van der Waals surface area contributed by atoms with Crippen LogP contribution in [0.4, 0.5) is 10.5 Å². The van der Waals surface area contributed by atoms with Gasteiger partial charge < -0.3 is 35.6 Å². The number of aliphatic hydroxyl groups excluding tert-OH is 1. The molecule has 5 N–H and O–H groups in total. The number of carbonyl (C=O) groups is 3. The molecule has 0 spiro atoms. The summed E-state index contributed by atoms with van der Waals surface area (Å²) in [6, 6.07) is 5.22. The number of nitrogens with zero attached hydrogens (tertiary/aromatic N) is 1. The van der Waals surface area contributed by atoms with E-state index >= 15 is 0 Å². The minimum absolute atomic E-state index is 0.122. The molecule has 3 amide bonds. The Morgan fingerprint density at radius 1 is 1.12 bits per heavy atom. The molecular weight excluding hydrogens is 540 g/mol. The molecule has 11 heteroatoms. The second-order valence-corrected chi connectivity index (χ2v) is 11.2. The molecule has 0 aliphatic heterocycles. The number of anilines is 1. The van der Waals surface area contributed by atoms with Crippen molar-refractivity contribution in [3.05, 3.63) is 76.1 Å². The number of aryl methyl sites for hydroxylation is 2. The number of benzene rings is 1. The van der Waals surface area contributed by atoms with E-state index in [1.165, 1.54) is 7.11 Å². The topological polar surface area (TPSA) is 159 Å². The average molecular weight is 581 g/mol. The number of nitrogens with one attached hydrogen (secondary N) is 3. The number of carboxylic acids is 1. The van der Waals surface area contributed by atoms with Crippen molar-refractivity contribution >= 4 is 23.6 Å². The monoisotopic (exact) mass is 580 g/mol. The average Bonchev–Trinajstić information content (AvgIpc) is 2.92. The number of carbonyl (C=O) groups excluding carboxylic acids is 2. The van der Waals surface area contributed by atoms with E-state index in [9.17, 15) is 24.6 Å². The first kappa shape index (κ1) is 32.3. The van der Waals surface area contributed by atoms with Crippen LogP contribution in [0.5, 0.6) is 5.88 Å². The zero-order chi connectivity index (χ0) is 31.2. The lowest BCUT2D eigenvalue weighted by Gasteiger charge is -2.30. The Morgan fingerprint density at radius 2 is 1.79 bits per heavy atom. The Bertz CT molecular complexity index is 1350. The lowest BCUT2D eigenvalue weighted by Crippen LogP contribution is -2.51. The Kier molecular flexibility index (Phi) is 10.5. The number of methoxy groups -OCH3 is 1. The van der Waals surface area contributed by atoms with Gasteiger partial charge in [-0.05, 0) is 70.2 Å². The lowest BCUT2D eigenvalue weighted by molar-refractivity contribution is -0.149. The smallest absolute Gasteiger partial charge is 0.328 e. The molecule has 0 fully saturated rings. The van der Waals surface area contributed by atoms with Crippen LogP contribution in [0.25, 0.3) is 0 Å². The largest absolute Gasteiger partial charge is 0.481 e. The van der Waals surface area contributed by atoms with Crippen LogP contribution in [0.3, 0.4) is 0 Å². The van der Waals surface area contributed by atoms with E-state index < -0.39 is 35.7 Å². The van der Waals surface area contributed by atoms with E-state index in [0.29, 0.717) is 18.0 Å². The maximum atomic E-state index is 13.5. The third-order valence-corrected chi connectivity index (χ3v) is 6.70. The van der Waals surface area contributed by atoms with Gasteiger partial charge in [-0.2, -0.15) is 0 Å². The summed E-state index contributed by atoms with van der Waals surface area (Å²) in [7, 11) is 1.52. The van der Waals surface area contributed by atoms with Gasteiger partial charge in [0.05, 0.1) is 36.7 Å². The molecule has 0 bridgehead atoms. The van der Waals surface area contributed by atoms with Gasteiger partial charge in [0.25, 0.3) is 5.91 Å². The highest BCUT2D eigenvalue weighted by Gasteiger charge is 2.33. The molecule has 226 valence electrons. The first-order valence-electron chi connectivity index (χ1n) is 13.6. The van der Waals surface area contributed by atoms with E-state index in [1.807, 2.05) is 19.9 Å². The van der Waals surface area contributed by atoms with Gasteiger partial charge in [-0.15, -0.1) is 0 Å². The van der Waals surface area contributed by atoms with Crippen LogP contribution in [-0.4, -0.2) is 58.0 Å². The minimum atomic E-state index is -1.33. The highest BCUT2D eigenvalue weighted by atomic mass is 16.5. The van der Waals surface area contributed by atoms with E-state index in [2.05, 4.69) is 20.9 Å². The van der Waals surface area contributed by atoms with Crippen molar-refractivity contribution in [1.82, 2.24) is 15.6 Å². The zero-order valence-electron chi connectivity index (χ0n) is 25.1. The second-order valence-electron chi connectivity index (χ2n) is 11.2. The molecule has 1 aromatic carbocycles. The molecule has 1 aromatic heterocycles. The minimum Gasteiger partial charge on any atom is -0.481 e. The molecule has 1 aliphatic carbocycles. The lowest BCUT2D eigenvalue weighted by atomic mass is 9.88. The van der Waals surface area contributed by atoms with Gasteiger partial charge in [0.15, 0.2) is 6.04 Å². The van der Waals surface area contributed by atoms with Crippen LogP contribution in [0.15, 0.2) is 53.9 Å². The van der Waals surface area contributed by atoms with Crippen molar-refractivity contribution in [3.63, 3.8) is 0 Å². The maximum absolute atomic E-state index is 13.5. The van der Waals surface area contributed by atoms with Crippen LogP contribution >= 0.6 is 0 Å². The zero-order valence-corrected chi connectivity index (χ0v) is 25.1. The number of aliphatic hydroxyl groups is 1. The van der Waals surface area contributed by atoms with Crippen molar-refractivity contribution in [1.29, 1.82) is 0 Å². The van der Waals surface area contributed by atoms with Gasteiger partial charge in [0.1, 0.15) is 0 Å². The quantitative estimate of drug-likeness (QED) is 0.281. The second kappa shape index (κ2) is 13.6. The molecule has 11 nitrogen and oxygen atoms in total. The summed E-state index contributed by atoms with van der Waals surface area (Å²) in [4.78, 5) is 43.0. The number of aliphatic carboxylic acids is 1. The van der Waals surface area contributed by atoms with Crippen LogP contribution in [0, 0.1) is 13.8 Å².